The fraction of sp³-hybridized carbons (Fsp3) is 1.00. The van der Waals surface area contributed by atoms with Crippen LogP contribution in [0.15, 0.2) is 5.18 Å². The van der Waals surface area contributed by atoms with Crippen molar-refractivity contribution in [2.45, 2.75) is 31.2 Å². The summed E-state index contributed by atoms with van der Waals surface area (Å²) in [7, 11) is 0. The van der Waals surface area contributed by atoms with Gasteiger partial charge >= 0.3 is 0 Å². The van der Waals surface area contributed by atoms with Crippen molar-refractivity contribution in [3.8, 4) is 0 Å². The minimum Gasteiger partial charge on any atom is -0.207 e. The lowest BCUT2D eigenvalue weighted by Gasteiger charge is -2.03. The van der Waals surface area contributed by atoms with Crippen LogP contribution in [-0.4, -0.2) is 12.0 Å². The number of nitrogens with zero attached hydrogens (tertiary/aromatic N) is 1. The third-order valence-electron chi connectivity index (χ3n) is 1.53. The molecule has 9 heavy (non-hydrogen) atoms. The zero-order chi connectivity index (χ0) is 6.91. The molecule has 0 amide bonds. The third kappa shape index (κ3) is 1.43. The monoisotopic (exact) mass is 135 g/mol. The first-order valence-corrected chi connectivity index (χ1v) is 2.84. The number of alkyl halides is 2. The van der Waals surface area contributed by atoms with Gasteiger partial charge in [-0.15, -0.1) is 0 Å². The van der Waals surface area contributed by atoms with Crippen molar-refractivity contribution in [1.82, 2.24) is 0 Å². The summed E-state index contributed by atoms with van der Waals surface area (Å²) in [4.78, 5) is 9.71. The van der Waals surface area contributed by atoms with E-state index in [-0.39, 0.29) is 19.3 Å². The average molecular weight is 135 g/mol. The summed E-state index contributed by atoms with van der Waals surface area (Å²) >= 11 is 0. The maximum absolute atomic E-state index is 12.2. The topological polar surface area (TPSA) is 29.4 Å². The summed E-state index contributed by atoms with van der Waals surface area (Å²) in [6.07, 6.45) is -0.281. The molecule has 0 radical (unpaired) electrons. The van der Waals surface area contributed by atoms with E-state index < -0.39 is 12.0 Å². The molecule has 0 N–H and O–H groups in total. The van der Waals surface area contributed by atoms with Crippen molar-refractivity contribution in [2.75, 3.05) is 0 Å². The van der Waals surface area contributed by atoms with Crippen LogP contribution < -0.4 is 0 Å². The molecule has 52 valence electrons. The lowest BCUT2D eigenvalue weighted by molar-refractivity contribution is 0.00804. The minimum absolute atomic E-state index is 0.177. The first kappa shape index (κ1) is 6.58. The summed E-state index contributed by atoms with van der Waals surface area (Å²) in [5.74, 6) is -2.63. The summed E-state index contributed by atoms with van der Waals surface area (Å²) < 4.78 is 24.4. The molecule has 1 unspecified atom stereocenters. The van der Waals surface area contributed by atoms with Crippen molar-refractivity contribution < 1.29 is 8.78 Å². The van der Waals surface area contributed by atoms with E-state index in [1.54, 1.807) is 0 Å². The lowest BCUT2D eigenvalue weighted by Crippen LogP contribution is -2.10. The Balaban J connectivity index is 2.47. The van der Waals surface area contributed by atoms with Crippen molar-refractivity contribution in [1.29, 1.82) is 0 Å². The number of hydrogen-bond acceptors (Lipinski definition) is 2. The molecule has 1 aliphatic carbocycles. The van der Waals surface area contributed by atoms with Crippen molar-refractivity contribution in [3.63, 3.8) is 0 Å². The molecule has 1 rings (SSSR count). The van der Waals surface area contributed by atoms with Gasteiger partial charge in [-0.1, -0.05) is 5.18 Å². The lowest BCUT2D eigenvalue weighted by atomic mass is 10.3. The van der Waals surface area contributed by atoms with E-state index in [0.717, 1.165) is 0 Å². The van der Waals surface area contributed by atoms with E-state index in [1.165, 1.54) is 0 Å². The first-order chi connectivity index (χ1) is 4.14. The molecule has 0 bridgehead atoms. The van der Waals surface area contributed by atoms with Crippen LogP contribution in [0, 0.1) is 4.91 Å². The Bertz CT molecular complexity index is 126. The summed E-state index contributed by atoms with van der Waals surface area (Å²) in [6, 6.07) is -0.639. The summed E-state index contributed by atoms with van der Waals surface area (Å²) in [6.45, 7) is 0. The van der Waals surface area contributed by atoms with Gasteiger partial charge in [0.2, 0.25) is 5.92 Å². The van der Waals surface area contributed by atoms with Crippen LogP contribution in [0.2, 0.25) is 0 Å². The van der Waals surface area contributed by atoms with Gasteiger partial charge in [0.05, 0.1) is 6.04 Å². The van der Waals surface area contributed by atoms with Crippen LogP contribution in [0.5, 0.6) is 0 Å². The van der Waals surface area contributed by atoms with Crippen LogP contribution >= 0.6 is 0 Å². The maximum Gasteiger partial charge on any atom is 0.250 e. The van der Waals surface area contributed by atoms with Crippen LogP contribution in [0.25, 0.3) is 0 Å². The Hall–Kier alpha value is -0.540. The quantitative estimate of drug-likeness (QED) is 0.505. The van der Waals surface area contributed by atoms with Gasteiger partial charge in [0.1, 0.15) is 0 Å². The molecule has 4 heteroatoms. The molecular weight excluding hydrogens is 128 g/mol. The van der Waals surface area contributed by atoms with E-state index in [4.69, 9.17) is 0 Å². The molecule has 0 saturated heterocycles. The fourth-order valence-corrected chi connectivity index (χ4v) is 1.02. The van der Waals surface area contributed by atoms with Gasteiger partial charge in [-0.3, -0.25) is 0 Å². The van der Waals surface area contributed by atoms with Crippen LogP contribution in [0.1, 0.15) is 19.3 Å². The molecule has 0 aromatic rings. The van der Waals surface area contributed by atoms with E-state index in [9.17, 15) is 13.7 Å². The van der Waals surface area contributed by atoms with Crippen molar-refractivity contribution >= 4 is 0 Å². The molecule has 1 fully saturated rings. The van der Waals surface area contributed by atoms with E-state index >= 15 is 0 Å². The minimum atomic E-state index is -2.63. The van der Waals surface area contributed by atoms with Crippen LogP contribution in [-0.2, 0) is 0 Å². The number of rotatable bonds is 1. The number of nitroso groups, excluding NO2 is 1. The summed E-state index contributed by atoms with van der Waals surface area (Å²) in [5, 5.41) is 2.55. The Morgan fingerprint density at radius 1 is 1.56 bits per heavy atom. The first-order valence-electron chi connectivity index (χ1n) is 2.84. The number of hydrogen-bond donors (Lipinski definition) is 0. The van der Waals surface area contributed by atoms with E-state index in [0.29, 0.717) is 0 Å². The molecule has 1 saturated carbocycles. The molecule has 2 nitrogen and oxygen atoms in total. The predicted octanol–water partition coefficient (Wildman–Crippen LogP) is 1.94. The molecule has 0 heterocycles. The second-order valence-corrected chi connectivity index (χ2v) is 2.36. The molecule has 1 aliphatic rings. The standard InChI is InChI=1S/C5H7F2NO/c6-5(7)2-1-4(3-5)8-9/h4H,1-3H2. The number of halogens is 2. The van der Waals surface area contributed by atoms with Gasteiger partial charge in [0.15, 0.2) is 0 Å². The van der Waals surface area contributed by atoms with E-state index in [1.807, 2.05) is 0 Å². The zero-order valence-corrected chi connectivity index (χ0v) is 4.81. The molecule has 0 aromatic carbocycles. The van der Waals surface area contributed by atoms with E-state index in [2.05, 4.69) is 5.18 Å². The Kier molecular flexibility index (Phi) is 1.47. The second-order valence-electron chi connectivity index (χ2n) is 2.36. The molecule has 0 aromatic heterocycles. The molecule has 1 atom stereocenters. The van der Waals surface area contributed by atoms with Gasteiger partial charge < -0.3 is 0 Å². The summed E-state index contributed by atoms with van der Waals surface area (Å²) in [5.41, 5.74) is 0. The highest BCUT2D eigenvalue weighted by Crippen LogP contribution is 2.36. The highest BCUT2D eigenvalue weighted by Gasteiger charge is 2.40. The van der Waals surface area contributed by atoms with Crippen molar-refractivity contribution in [3.05, 3.63) is 4.91 Å². The molecule has 0 aliphatic heterocycles. The van der Waals surface area contributed by atoms with Crippen molar-refractivity contribution in [2.24, 2.45) is 5.18 Å². The Morgan fingerprint density at radius 3 is 2.44 bits per heavy atom. The maximum atomic E-state index is 12.2. The smallest absolute Gasteiger partial charge is 0.207 e. The van der Waals surface area contributed by atoms with Gasteiger partial charge in [0.25, 0.3) is 0 Å². The largest absolute Gasteiger partial charge is 0.250 e. The van der Waals surface area contributed by atoms with Gasteiger partial charge in [-0.2, -0.15) is 4.91 Å². The Labute approximate surface area is 51.2 Å². The fourth-order valence-electron chi connectivity index (χ4n) is 1.02. The Morgan fingerprint density at radius 2 is 2.22 bits per heavy atom. The highest BCUT2D eigenvalue weighted by molar-refractivity contribution is 4.85. The van der Waals surface area contributed by atoms with Crippen LogP contribution in [0.4, 0.5) is 8.78 Å². The zero-order valence-electron chi connectivity index (χ0n) is 4.81. The van der Waals surface area contributed by atoms with Gasteiger partial charge in [-0.25, -0.2) is 8.78 Å². The van der Waals surface area contributed by atoms with Gasteiger partial charge in [-0.05, 0) is 6.42 Å². The average Bonchev–Trinajstić information content (AvgIpc) is 2.10. The normalized spacial score (nSPS) is 32.4. The second kappa shape index (κ2) is 2.01. The highest BCUT2D eigenvalue weighted by atomic mass is 19.3. The molecular formula is C5H7F2NO. The predicted molar refractivity (Wildman–Crippen MR) is 28.4 cm³/mol. The third-order valence-corrected chi connectivity index (χ3v) is 1.53. The van der Waals surface area contributed by atoms with Crippen LogP contribution in [0.3, 0.4) is 0 Å². The SMILES string of the molecule is O=NC1CCC(F)(F)C1. The van der Waals surface area contributed by atoms with Gasteiger partial charge in [0, 0.05) is 12.8 Å². The molecule has 0 spiro atoms.